The van der Waals surface area contributed by atoms with Gasteiger partial charge >= 0.3 is 0 Å². The maximum absolute atomic E-state index is 12.7. The number of rotatable bonds is 12. The van der Waals surface area contributed by atoms with Gasteiger partial charge in [0.1, 0.15) is 5.75 Å². The summed E-state index contributed by atoms with van der Waals surface area (Å²) in [6.07, 6.45) is 5.86. The first-order valence-corrected chi connectivity index (χ1v) is 13.2. The van der Waals surface area contributed by atoms with E-state index in [2.05, 4.69) is 26.9 Å². The molecule has 186 valence electrons. The number of benzene rings is 2. The summed E-state index contributed by atoms with van der Waals surface area (Å²) in [5.41, 5.74) is 2.28. The van der Waals surface area contributed by atoms with Crippen LogP contribution in [0.25, 0.3) is 0 Å². The highest BCUT2D eigenvalue weighted by Crippen LogP contribution is 2.19. The molecular formula is C26H32N4O4S. The highest BCUT2D eigenvalue weighted by Gasteiger charge is 2.16. The van der Waals surface area contributed by atoms with Gasteiger partial charge in [0.2, 0.25) is 5.95 Å². The standard InChI is InChI=1S/C26H32N4O4S/c1-4-5-6-7-8-17-34-23-13-9-21(10-14-23)25(31)29-22-11-15-24(16-12-22)35(32,33)30-26-27-19(2)18-20(3)28-26/h9-16,18H,4-8,17H2,1-3H3,(H,29,31)(H,27,28,30). The molecule has 0 spiro atoms. The zero-order valence-corrected chi connectivity index (χ0v) is 21.2. The number of ether oxygens (including phenoxy) is 1. The highest BCUT2D eigenvalue weighted by molar-refractivity contribution is 7.92. The molecule has 2 aromatic carbocycles. The van der Waals surface area contributed by atoms with Gasteiger partial charge in [0.05, 0.1) is 11.5 Å². The van der Waals surface area contributed by atoms with Crippen molar-refractivity contribution >= 4 is 27.6 Å². The van der Waals surface area contributed by atoms with E-state index in [1.54, 1.807) is 44.2 Å². The van der Waals surface area contributed by atoms with E-state index in [1.807, 2.05) is 0 Å². The Bertz CT molecular complexity index is 1210. The summed E-state index contributed by atoms with van der Waals surface area (Å²) >= 11 is 0. The number of amides is 1. The zero-order valence-electron chi connectivity index (χ0n) is 20.4. The summed E-state index contributed by atoms with van der Waals surface area (Å²) in [6, 6.07) is 14.6. The Kier molecular flexibility index (Phi) is 9.19. The van der Waals surface area contributed by atoms with Crippen molar-refractivity contribution in [1.29, 1.82) is 0 Å². The maximum atomic E-state index is 12.7. The fourth-order valence-corrected chi connectivity index (χ4v) is 4.41. The Morgan fingerprint density at radius 1 is 0.886 bits per heavy atom. The largest absolute Gasteiger partial charge is 0.494 e. The van der Waals surface area contributed by atoms with Gasteiger partial charge < -0.3 is 10.1 Å². The number of hydrogen-bond donors (Lipinski definition) is 2. The van der Waals surface area contributed by atoms with Crippen molar-refractivity contribution in [3.05, 3.63) is 71.5 Å². The number of anilines is 2. The third-order valence-electron chi connectivity index (χ3n) is 5.26. The second-order valence-electron chi connectivity index (χ2n) is 8.35. The third kappa shape index (κ3) is 8.06. The molecule has 3 aromatic rings. The lowest BCUT2D eigenvalue weighted by Crippen LogP contribution is -2.16. The minimum atomic E-state index is -3.87. The van der Waals surface area contributed by atoms with Gasteiger partial charge in [-0.15, -0.1) is 0 Å². The number of carbonyl (C=O) groups is 1. The lowest BCUT2D eigenvalue weighted by molar-refractivity contribution is 0.102. The molecule has 0 saturated carbocycles. The first-order valence-electron chi connectivity index (χ1n) is 11.8. The summed E-state index contributed by atoms with van der Waals surface area (Å²) in [4.78, 5) is 20.8. The van der Waals surface area contributed by atoms with Crippen molar-refractivity contribution in [2.75, 3.05) is 16.6 Å². The molecule has 0 radical (unpaired) electrons. The van der Waals surface area contributed by atoms with Crippen molar-refractivity contribution in [3.63, 3.8) is 0 Å². The maximum Gasteiger partial charge on any atom is 0.264 e. The minimum Gasteiger partial charge on any atom is -0.494 e. The van der Waals surface area contributed by atoms with Crippen LogP contribution >= 0.6 is 0 Å². The second kappa shape index (κ2) is 12.3. The van der Waals surface area contributed by atoms with Crippen LogP contribution in [-0.4, -0.2) is 30.9 Å². The predicted octanol–water partition coefficient (Wildman–Crippen LogP) is 5.50. The Balaban J connectivity index is 1.54. The Hall–Kier alpha value is -3.46. The van der Waals surface area contributed by atoms with Crippen molar-refractivity contribution in [3.8, 4) is 5.75 Å². The fraction of sp³-hybridized carbons (Fsp3) is 0.346. The SMILES string of the molecule is CCCCCCCOc1ccc(C(=O)Nc2ccc(S(=O)(=O)Nc3nc(C)cc(C)n3)cc2)cc1. The van der Waals surface area contributed by atoms with E-state index >= 15 is 0 Å². The number of aryl methyl sites for hydroxylation is 2. The molecule has 0 unspecified atom stereocenters. The van der Waals surface area contributed by atoms with Crippen LogP contribution in [0.15, 0.2) is 59.5 Å². The van der Waals surface area contributed by atoms with Crippen LogP contribution in [0.2, 0.25) is 0 Å². The molecule has 8 nitrogen and oxygen atoms in total. The van der Waals surface area contributed by atoms with Crippen LogP contribution < -0.4 is 14.8 Å². The van der Waals surface area contributed by atoms with Gasteiger partial charge in [-0.1, -0.05) is 32.6 Å². The summed E-state index contributed by atoms with van der Waals surface area (Å²) < 4.78 is 33.4. The molecule has 9 heteroatoms. The molecule has 0 bridgehead atoms. The van der Waals surface area contributed by atoms with Gasteiger partial charge in [-0.2, -0.15) is 0 Å². The number of nitrogens with one attached hydrogen (secondary N) is 2. The van der Waals surface area contributed by atoms with Crippen LogP contribution in [0.4, 0.5) is 11.6 Å². The molecule has 0 aliphatic heterocycles. The van der Waals surface area contributed by atoms with Gasteiger partial charge in [0.25, 0.3) is 15.9 Å². The van der Waals surface area contributed by atoms with Crippen LogP contribution in [0.5, 0.6) is 5.75 Å². The van der Waals surface area contributed by atoms with Crippen molar-refractivity contribution < 1.29 is 17.9 Å². The average molecular weight is 497 g/mol. The van der Waals surface area contributed by atoms with E-state index in [1.165, 1.54) is 43.5 Å². The van der Waals surface area contributed by atoms with Gasteiger partial charge in [-0.25, -0.2) is 23.1 Å². The van der Waals surface area contributed by atoms with E-state index in [4.69, 9.17) is 4.74 Å². The van der Waals surface area contributed by atoms with Crippen LogP contribution in [0, 0.1) is 13.8 Å². The molecule has 0 fully saturated rings. The van der Waals surface area contributed by atoms with Crippen molar-refractivity contribution in [1.82, 2.24) is 9.97 Å². The normalized spacial score (nSPS) is 11.2. The van der Waals surface area contributed by atoms with Crippen LogP contribution in [0.1, 0.15) is 60.8 Å². The lowest BCUT2D eigenvalue weighted by Gasteiger charge is -2.10. The molecule has 1 heterocycles. The van der Waals surface area contributed by atoms with Gasteiger partial charge in [-0.3, -0.25) is 4.79 Å². The predicted molar refractivity (Wildman–Crippen MR) is 137 cm³/mol. The molecular weight excluding hydrogens is 464 g/mol. The van der Waals surface area contributed by atoms with E-state index in [9.17, 15) is 13.2 Å². The van der Waals surface area contributed by atoms with Gasteiger partial charge in [0, 0.05) is 22.6 Å². The van der Waals surface area contributed by atoms with E-state index in [0.717, 1.165) is 18.6 Å². The zero-order chi connectivity index (χ0) is 25.3. The van der Waals surface area contributed by atoms with Crippen LogP contribution in [-0.2, 0) is 10.0 Å². The van der Waals surface area contributed by atoms with Crippen molar-refractivity contribution in [2.45, 2.75) is 57.8 Å². The summed E-state index contributed by atoms with van der Waals surface area (Å²) in [5.74, 6) is 0.448. The van der Waals surface area contributed by atoms with Gasteiger partial charge in [-0.05, 0) is 74.9 Å². The number of aromatic nitrogens is 2. The molecule has 0 aliphatic rings. The molecule has 3 rings (SSSR count). The smallest absolute Gasteiger partial charge is 0.264 e. The summed E-state index contributed by atoms with van der Waals surface area (Å²) in [7, 11) is -3.87. The number of hydrogen-bond acceptors (Lipinski definition) is 6. The number of nitrogens with zero attached hydrogens (tertiary/aromatic N) is 2. The minimum absolute atomic E-state index is 0.0174. The third-order valence-corrected chi connectivity index (χ3v) is 6.61. The lowest BCUT2D eigenvalue weighted by atomic mass is 10.1. The Labute approximate surface area is 207 Å². The monoisotopic (exact) mass is 496 g/mol. The molecule has 0 aliphatic carbocycles. The Morgan fingerprint density at radius 2 is 1.51 bits per heavy atom. The molecule has 1 aromatic heterocycles. The first-order chi connectivity index (χ1) is 16.8. The molecule has 35 heavy (non-hydrogen) atoms. The van der Waals surface area contributed by atoms with Crippen LogP contribution in [0.3, 0.4) is 0 Å². The van der Waals surface area contributed by atoms with E-state index in [-0.39, 0.29) is 16.8 Å². The Morgan fingerprint density at radius 3 is 2.14 bits per heavy atom. The van der Waals surface area contributed by atoms with E-state index < -0.39 is 10.0 Å². The molecule has 0 saturated heterocycles. The molecule has 1 amide bonds. The quantitative estimate of drug-likeness (QED) is 0.321. The van der Waals surface area contributed by atoms with Crippen molar-refractivity contribution in [2.24, 2.45) is 0 Å². The highest BCUT2D eigenvalue weighted by atomic mass is 32.2. The molecule has 2 N–H and O–H groups in total. The topological polar surface area (TPSA) is 110 Å². The van der Waals surface area contributed by atoms with Gasteiger partial charge in [0.15, 0.2) is 0 Å². The summed E-state index contributed by atoms with van der Waals surface area (Å²) in [5, 5.41) is 2.77. The average Bonchev–Trinajstić information content (AvgIpc) is 2.81. The number of unbranched alkanes of at least 4 members (excludes halogenated alkanes) is 4. The second-order valence-corrected chi connectivity index (χ2v) is 10.0. The fourth-order valence-electron chi connectivity index (χ4n) is 3.47. The molecule has 0 atom stereocenters. The van der Waals surface area contributed by atoms with E-state index in [0.29, 0.717) is 29.2 Å². The number of sulfonamides is 1. The summed E-state index contributed by atoms with van der Waals surface area (Å²) in [6.45, 7) is 6.38. The number of carbonyl (C=O) groups excluding carboxylic acids is 1. The first kappa shape index (κ1) is 26.2.